The van der Waals surface area contributed by atoms with E-state index in [9.17, 15) is 0 Å². The standard InChI is InChI=1S/C17H21N3O/c1-2-18-17-11-14(7-8-19-17)12-20-9-10-21-16-6-4-3-5-15(16)13-20/h3-8,11H,2,9-10,12-13H2,1H3,(H,18,19). The summed E-state index contributed by atoms with van der Waals surface area (Å²) in [5.74, 6) is 1.96. The molecule has 0 amide bonds. The van der Waals surface area contributed by atoms with Crippen LogP contribution >= 0.6 is 0 Å². The molecule has 0 bridgehead atoms. The van der Waals surface area contributed by atoms with Gasteiger partial charge in [0.05, 0.1) is 0 Å². The van der Waals surface area contributed by atoms with Gasteiger partial charge in [-0.2, -0.15) is 0 Å². The predicted octanol–water partition coefficient (Wildman–Crippen LogP) is 2.91. The number of pyridine rings is 1. The molecule has 4 heteroatoms. The minimum absolute atomic E-state index is 0.738. The second-order valence-corrected chi connectivity index (χ2v) is 5.25. The van der Waals surface area contributed by atoms with Gasteiger partial charge in [0, 0.05) is 37.9 Å². The van der Waals surface area contributed by atoms with Crippen LogP contribution in [0.4, 0.5) is 5.82 Å². The van der Waals surface area contributed by atoms with Gasteiger partial charge in [-0.1, -0.05) is 18.2 Å². The van der Waals surface area contributed by atoms with Crippen LogP contribution in [0.2, 0.25) is 0 Å². The Morgan fingerprint density at radius 2 is 2.19 bits per heavy atom. The number of rotatable bonds is 4. The molecule has 0 saturated heterocycles. The topological polar surface area (TPSA) is 37.4 Å². The van der Waals surface area contributed by atoms with Gasteiger partial charge in [0.2, 0.25) is 0 Å². The summed E-state index contributed by atoms with van der Waals surface area (Å²) < 4.78 is 5.81. The average molecular weight is 283 g/mol. The number of benzene rings is 1. The maximum absolute atomic E-state index is 5.81. The largest absolute Gasteiger partial charge is 0.492 e. The Kier molecular flexibility index (Phi) is 4.36. The zero-order valence-electron chi connectivity index (χ0n) is 12.4. The minimum atomic E-state index is 0.738. The zero-order valence-corrected chi connectivity index (χ0v) is 12.4. The highest BCUT2D eigenvalue weighted by atomic mass is 16.5. The normalized spacial score (nSPS) is 14.9. The number of anilines is 1. The van der Waals surface area contributed by atoms with Gasteiger partial charge in [-0.25, -0.2) is 4.98 Å². The second kappa shape index (κ2) is 6.59. The Hall–Kier alpha value is -2.07. The number of ether oxygens (including phenoxy) is 1. The molecule has 0 saturated carbocycles. The first-order valence-electron chi connectivity index (χ1n) is 7.47. The Labute approximate surface area is 125 Å². The first-order valence-corrected chi connectivity index (χ1v) is 7.47. The van der Waals surface area contributed by atoms with Gasteiger partial charge in [0.15, 0.2) is 0 Å². The molecule has 0 unspecified atom stereocenters. The van der Waals surface area contributed by atoms with Gasteiger partial charge in [-0.3, -0.25) is 4.90 Å². The monoisotopic (exact) mass is 283 g/mol. The predicted molar refractivity (Wildman–Crippen MR) is 84.5 cm³/mol. The lowest BCUT2D eigenvalue weighted by molar-refractivity contribution is 0.219. The second-order valence-electron chi connectivity index (χ2n) is 5.25. The first kappa shape index (κ1) is 13.9. The molecule has 110 valence electrons. The molecule has 3 rings (SSSR count). The number of fused-ring (bicyclic) bond motifs is 1. The van der Waals surface area contributed by atoms with Crippen molar-refractivity contribution in [1.82, 2.24) is 9.88 Å². The van der Waals surface area contributed by atoms with Crippen LogP contribution in [-0.2, 0) is 13.1 Å². The maximum Gasteiger partial charge on any atom is 0.126 e. The van der Waals surface area contributed by atoms with E-state index < -0.39 is 0 Å². The van der Waals surface area contributed by atoms with Crippen LogP contribution in [0.3, 0.4) is 0 Å². The van der Waals surface area contributed by atoms with Crippen LogP contribution in [0, 0.1) is 0 Å². The Morgan fingerprint density at radius 1 is 1.29 bits per heavy atom. The van der Waals surface area contributed by atoms with Crippen LogP contribution in [-0.4, -0.2) is 29.6 Å². The summed E-state index contributed by atoms with van der Waals surface area (Å²) in [4.78, 5) is 6.74. The van der Waals surface area contributed by atoms with Crippen molar-refractivity contribution in [3.63, 3.8) is 0 Å². The van der Waals surface area contributed by atoms with E-state index in [4.69, 9.17) is 4.74 Å². The lowest BCUT2D eigenvalue weighted by Gasteiger charge is -2.19. The fraction of sp³-hybridized carbons (Fsp3) is 0.353. The first-order chi connectivity index (χ1) is 10.3. The molecule has 1 aliphatic heterocycles. The molecule has 0 fully saturated rings. The fourth-order valence-electron chi connectivity index (χ4n) is 2.62. The van der Waals surface area contributed by atoms with E-state index in [1.54, 1.807) is 0 Å². The number of hydrogen-bond acceptors (Lipinski definition) is 4. The highest BCUT2D eigenvalue weighted by Gasteiger charge is 2.15. The molecule has 1 aromatic carbocycles. The zero-order chi connectivity index (χ0) is 14.5. The highest BCUT2D eigenvalue weighted by molar-refractivity contribution is 5.37. The van der Waals surface area contributed by atoms with Crippen LogP contribution in [0.15, 0.2) is 42.6 Å². The molecule has 1 aromatic heterocycles. The van der Waals surface area contributed by atoms with E-state index in [1.807, 2.05) is 12.3 Å². The van der Waals surface area contributed by atoms with E-state index in [-0.39, 0.29) is 0 Å². The average Bonchev–Trinajstić information content (AvgIpc) is 2.69. The Morgan fingerprint density at radius 3 is 3.10 bits per heavy atom. The molecular formula is C17H21N3O. The number of aromatic nitrogens is 1. The van der Waals surface area contributed by atoms with Crippen molar-refractivity contribution in [3.05, 3.63) is 53.7 Å². The summed E-state index contributed by atoms with van der Waals surface area (Å²) in [6.07, 6.45) is 1.87. The van der Waals surface area contributed by atoms with Crippen molar-refractivity contribution < 1.29 is 4.74 Å². The summed E-state index contributed by atoms with van der Waals surface area (Å²) in [5, 5.41) is 3.26. The Balaban J connectivity index is 1.72. The van der Waals surface area contributed by atoms with Crippen molar-refractivity contribution in [2.24, 2.45) is 0 Å². The lowest BCUT2D eigenvalue weighted by atomic mass is 10.1. The number of hydrogen-bond donors (Lipinski definition) is 1. The summed E-state index contributed by atoms with van der Waals surface area (Å²) in [7, 11) is 0. The highest BCUT2D eigenvalue weighted by Crippen LogP contribution is 2.23. The van der Waals surface area contributed by atoms with Crippen LogP contribution < -0.4 is 10.1 Å². The quantitative estimate of drug-likeness (QED) is 0.936. The number of nitrogens with zero attached hydrogens (tertiary/aromatic N) is 2. The van der Waals surface area contributed by atoms with E-state index >= 15 is 0 Å². The third-order valence-electron chi connectivity index (χ3n) is 3.62. The SMILES string of the molecule is CCNc1cc(CN2CCOc3ccccc3C2)ccn1. The summed E-state index contributed by atoms with van der Waals surface area (Å²) in [6, 6.07) is 12.5. The lowest BCUT2D eigenvalue weighted by Crippen LogP contribution is -2.25. The maximum atomic E-state index is 5.81. The van der Waals surface area contributed by atoms with Crippen molar-refractivity contribution in [1.29, 1.82) is 0 Å². The molecule has 1 aliphatic rings. The molecule has 4 nitrogen and oxygen atoms in total. The Bertz CT molecular complexity index is 600. The molecular weight excluding hydrogens is 262 g/mol. The molecule has 2 heterocycles. The van der Waals surface area contributed by atoms with Gasteiger partial charge in [0.1, 0.15) is 18.2 Å². The van der Waals surface area contributed by atoms with Gasteiger partial charge in [-0.15, -0.1) is 0 Å². The molecule has 0 aliphatic carbocycles. The van der Waals surface area contributed by atoms with Gasteiger partial charge in [0.25, 0.3) is 0 Å². The molecule has 0 radical (unpaired) electrons. The van der Waals surface area contributed by atoms with E-state index in [0.29, 0.717) is 0 Å². The third-order valence-corrected chi connectivity index (χ3v) is 3.62. The molecule has 0 atom stereocenters. The van der Waals surface area contributed by atoms with Crippen molar-refractivity contribution in [2.45, 2.75) is 20.0 Å². The smallest absolute Gasteiger partial charge is 0.126 e. The van der Waals surface area contributed by atoms with Crippen LogP contribution in [0.5, 0.6) is 5.75 Å². The van der Waals surface area contributed by atoms with E-state index in [1.165, 1.54) is 11.1 Å². The minimum Gasteiger partial charge on any atom is -0.492 e. The molecule has 2 aromatic rings. The van der Waals surface area contributed by atoms with Gasteiger partial charge in [-0.05, 0) is 30.7 Å². The summed E-state index contributed by atoms with van der Waals surface area (Å²) in [6.45, 7) is 6.49. The summed E-state index contributed by atoms with van der Waals surface area (Å²) in [5.41, 5.74) is 2.54. The number of nitrogens with one attached hydrogen (secondary N) is 1. The third kappa shape index (κ3) is 3.52. The van der Waals surface area contributed by atoms with Gasteiger partial charge >= 0.3 is 0 Å². The van der Waals surface area contributed by atoms with Crippen LogP contribution in [0.25, 0.3) is 0 Å². The van der Waals surface area contributed by atoms with E-state index in [2.05, 4.69) is 52.5 Å². The number of para-hydroxylation sites is 1. The van der Waals surface area contributed by atoms with Crippen molar-refractivity contribution in [2.75, 3.05) is 25.0 Å². The van der Waals surface area contributed by atoms with Crippen molar-refractivity contribution in [3.8, 4) is 5.75 Å². The fourth-order valence-corrected chi connectivity index (χ4v) is 2.62. The molecule has 21 heavy (non-hydrogen) atoms. The van der Waals surface area contributed by atoms with E-state index in [0.717, 1.165) is 44.4 Å². The van der Waals surface area contributed by atoms with Gasteiger partial charge < -0.3 is 10.1 Å². The van der Waals surface area contributed by atoms with Crippen molar-refractivity contribution >= 4 is 5.82 Å². The summed E-state index contributed by atoms with van der Waals surface area (Å²) >= 11 is 0. The molecule has 1 N–H and O–H groups in total. The van der Waals surface area contributed by atoms with Crippen LogP contribution in [0.1, 0.15) is 18.1 Å². The molecule has 0 spiro atoms.